The standard InChI is InChI=1S/C62H101NO18/c1-3-5-7-9-11-12-13-14-15-16-17-18-19-20-21-22-23-24-25-26-27-28-29-30-31-32-34-36-38-40-50(68)63-45(46(67)39-37-35-33-10-8-6-4-2)44-76-60-56(74)53(71)58(48(42-65)78-60)81-62-57(75)54(72)59(49(43-66)79-62)80-61-55(73)52(70)51(69)47(41-64)77-61/h5,7,11-12,14-15,17-18,20-21,23-24,26-27,29-30,32,34,45-49,51-62,64-67,69-75H,3-4,6,8-10,13,16,19,22,25,28,31,33,35-44H2,1-2H3,(H,63,68)/b7-5-,12-11-,15-14-,18-17-,21-20-,24-23-,27-26-,30-29-,34-32-. The highest BCUT2D eigenvalue weighted by molar-refractivity contribution is 5.76. The molecule has 3 fully saturated rings. The Kier molecular flexibility index (Phi) is 39.0. The first-order valence-electron chi connectivity index (χ1n) is 29.6. The van der Waals surface area contributed by atoms with E-state index in [9.17, 15) is 61.0 Å². The zero-order valence-corrected chi connectivity index (χ0v) is 48.0. The second-order valence-electron chi connectivity index (χ2n) is 20.7. The molecule has 17 atom stereocenters. The van der Waals surface area contributed by atoms with E-state index in [2.05, 4.69) is 122 Å². The summed E-state index contributed by atoms with van der Waals surface area (Å²) in [4.78, 5) is 13.2. The number of unbranched alkanes of at least 4 members (excludes halogenated alkanes) is 7. The van der Waals surface area contributed by atoms with Gasteiger partial charge in [0, 0.05) is 6.42 Å². The molecule has 17 unspecified atom stereocenters. The van der Waals surface area contributed by atoms with Gasteiger partial charge in [0.05, 0.1) is 38.6 Å². The molecule has 0 aromatic rings. The third kappa shape index (κ3) is 27.8. The second-order valence-corrected chi connectivity index (χ2v) is 20.7. The monoisotopic (exact) mass is 1150 g/mol. The van der Waals surface area contributed by atoms with E-state index in [-0.39, 0.29) is 18.9 Å². The first-order valence-corrected chi connectivity index (χ1v) is 29.6. The van der Waals surface area contributed by atoms with Gasteiger partial charge in [-0.25, -0.2) is 0 Å². The number of allylic oxidation sites excluding steroid dienone is 18. The molecule has 0 radical (unpaired) electrons. The van der Waals surface area contributed by atoms with E-state index in [1.807, 2.05) is 6.08 Å². The molecule has 12 N–H and O–H groups in total. The van der Waals surface area contributed by atoms with Crippen LogP contribution in [0.15, 0.2) is 109 Å². The summed E-state index contributed by atoms with van der Waals surface area (Å²) in [6.07, 6.45) is 29.4. The van der Waals surface area contributed by atoms with Crippen molar-refractivity contribution in [3.8, 4) is 0 Å². The quantitative estimate of drug-likeness (QED) is 0.0278. The van der Waals surface area contributed by atoms with E-state index in [1.54, 1.807) is 0 Å². The topological polar surface area (TPSA) is 307 Å². The summed E-state index contributed by atoms with van der Waals surface area (Å²) < 4.78 is 34.1. The number of amides is 1. The highest BCUT2D eigenvalue weighted by Gasteiger charge is 2.53. The number of hydrogen-bond donors (Lipinski definition) is 12. The van der Waals surface area contributed by atoms with Gasteiger partial charge in [0.25, 0.3) is 0 Å². The number of aliphatic hydroxyl groups excluding tert-OH is 11. The van der Waals surface area contributed by atoms with Gasteiger partial charge in [-0.3, -0.25) is 4.79 Å². The Balaban J connectivity index is 1.42. The normalized spacial score (nSPS) is 30.6. The summed E-state index contributed by atoms with van der Waals surface area (Å²) in [5.41, 5.74) is 0. The lowest BCUT2D eigenvalue weighted by atomic mass is 9.96. The molecule has 0 saturated carbocycles. The molecule has 462 valence electrons. The van der Waals surface area contributed by atoms with Crippen LogP contribution in [0.25, 0.3) is 0 Å². The van der Waals surface area contributed by atoms with E-state index < -0.39 is 124 Å². The highest BCUT2D eigenvalue weighted by atomic mass is 16.8. The summed E-state index contributed by atoms with van der Waals surface area (Å²) in [6.45, 7) is 1.53. The molecular weight excluding hydrogens is 1050 g/mol. The van der Waals surface area contributed by atoms with Gasteiger partial charge < -0.3 is 89.9 Å². The molecule has 3 heterocycles. The first-order chi connectivity index (χ1) is 39.3. The van der Waals surface area contributed by atoms with Gasteiger partial charge in [-0.2, -0.15) is 0 Å². The van der Waals surface area contributed by atoms with Gasteiger partial charge in [0.15, 0.2) is 18.9 Å². The third-order valence-corrected chi connectivity index (χ3v) is 14.1. The fourth-order valence-corrected chi connectivity index (χ4v) is 9.25. The Morgan fingerprint density at radius 1 is 0.457 bits per heavy atom. The van der Waals surface area contributed by atoms with Crippen molar-refractivity contribution < 1.29 is 89.4 Å². The molecule has 0 aliphatic carbocycles. The number of aliphatic hydroxyl groups is 11. The van der Waals surface area contributed by atoms with Crippen LogP contribution in [0.4, 0.5) is 0 Å². The van der Waals surface area contributed by atoms with Gasteiger partial charge in [-0.05, 0) is 77.0 Å². The van der Waals surface area contributed by atoms with E-state index in [0.29, 0.717) is 25.7 Å². The molecule has 19 nitrogen and oxygen atoms in total. The van der Waals surface area contributed by atoms with Crippen LogP contribution in [-0.4, -0.2) is 193 Å². The van der Waals surface area contributed by atoms with Crippen LogP contribution in [-0.2, 0) is 33.2 Å². The van der Waals surface area contributed by atoms with Crippen LogP contribution in [0.3, 0.4) is 0 Å². The molecule has 3 rings (SSSR count). The largest absolute Gasteiger partial charge is 0.394 e. The Morgan fingerprint density at radius 2 is 0.840 bits per heavy atom. The summed E-state index contributed by atoms with van der Waals surface area (Å²) in [5, 5.41) is 120. The highest BCUT2D eigenvalue weighted by Crippen LogP contribution is 2.33. The minimum atomic E-state index is -1.98. The lowest BCUT2D eigenvalue weighted by Gasteiger charge is -2.48. The lowest BCUT2D eigenvalue weighted by molar-refractivity contribution is -0.379. The minimum absolute atomic E-state index is 0.177. The van der Waals surface area contributed by atoms with Crippen molar-refractivity contribution in [2.75, 3.05) is 26.4 Å². The van der Waals surface area contributed by atoms with Crippen molar-refractivity contribution >= 4 is 5.91 Å². The van der Waals surface area contributed by atoms with E-state index >= 15 is 0 Å². The summed E-state index contributed by atoms with van der Waals surface area (Å²) in [6, 6.07) is -0.923. The Morgan fingerprint density at radius 3 is 1.28 bits per heavy atom. The molecule has 3 saturated heterocycles. The van der Waals surface area contributed by atoms with Crippen molar-refractivity contribution in [1.29, 1.82) is 0 Å². The molecule has 19 heteroatoms. The molecule has 1 amide bonds. The number of rotatable bonds is 41. The van der Waals surface area contributed by atoms with Crippen molar-refractivity contribution in [1.82, 2.24) is 5.32 Å². The number of nitrogens with one attached hydrogen (secondary N) is 1. The summed E-state index contributed by atoms with van der Waals surface area (Å²) in [7, 11) is 0. The van der Waals surface area contributed by atoms with Crippen molar-refractivity contribution in [3.05, 3.63) is 109 Å². The lowest BCUT2D eigenvalue weighted by Crippen LogP contribution is -2.66. The molecule has 0 bridgehead atoms. The van der Waals surface area contributed by atoms with Crippen LogP contribution in [0, 0.1) is 0 Å². The zero-order chi connectivity index (χ0) is 59.0. The summed E-state index contributed by atoms with van der Waals surface area (Å²) in [5.74, 6) is -0.312. The van der Waals surface area contributed by atoms with Crippen LogP contribution >= 0.6 is 0 Å². The molecular formula is C62H101NO18. The Labute approximate surface area is 481 Å². The third-order valence-electron chi connectivity index (χ3n) is 14.1. The SMILES string of the molecule is CC/C=C\C/C=C\C/C=C\C/C=C\C/C=C\C/C=C\C/C=C\C/C=C\C/C=C\CCCC(=O)NC(COC1OC(CO)C(OC2OC(CO)C(OC3OC(CO)C(O)C(O)C3O)C(O)C2O)C(O)C1O)C(O)CCCCCCCCC. The molecule has 3 aliphatic heterocycles. The van der Waals surface area contributed by atoms with Crippen molar-refractivity contribution in [2.45, 2.75) is 247 Å². The van der Waals surface area contributed by atoms with Crippen molar-refractivity contribution in [2.24, 2.45) is 0 Å². The maximum absolute atomic E-state index is 13.2. The fraction of sp³-hybridized carbons (Fsp3) is 0.694. The van der Waals surface area contributed by atoms with Crippen LogP contribution in [0.2, 0.25) is 0 Å². The molecule has 81 heavy (non-hydrogen) atoms. The zero-order valence-electron chi connectivity index (χ0n) is 48.0. The minimum Gasteiger partial charge on any atom is -0.394 e. The molecule has 0 aromatic carbocycles. The number of carbonyl (C=O) groups is 1. The van der Waals surface area contributed by atoms with Crippen molar-refractivity contribution in [3.63, 3.8) is 0 Å². The fourth-order valence-electron chi connectivity index (χ4n) is 9.25. The predicted octanol–water partition coefficient (Wildman–Crippen LogP) is 5.14. The molecule has 3 aliphatic rings. The predicted molar refractivity (Wildman–Crippen MR) is 309 cm³/mol. The second kappa shape index (κ2) is 44.0. The Bertz CT molecular complexity index is 1900. The number of ether oxygens (including phenoxy) is 6. The molecule has 0 spiro atoms. The van der Waals surface area contributed by atoms with Gasteiger partial charge in [0.1, 0.15) is 73.2 Å². The summed E-state index contributed by atoms with van der Waals surface area (Å²) >= 11 is 0. The van der Waals surface area contributed by atoms with Gasteiger partial charge >= 0.3 is 0 Å². The number of hydrogen-bond acceptors (Lipinski definition) is 18. The average Bonchev–Trinajstić information content (AvgIpc) is 3.48. The maximum Gasteiger partial charge on any atom is 0.220 e. The van der Waals surface area contributed by atoms with E-state index in [0.717, 1.165) is 96.3 Å². The first kappa shape index (κ1) is 71.7. The van der Waals surface area contributed by atoms with E-state index in [1.165, 1.54) is 0 Å². The molecule has 0 aromatic heterocycles. The van der Waals surface area contributed by atoms with Crippen LogP contribution in [0.5, 0.6) is 0 Å². The van der Waals surface area contributed by atoms with Gasteiger partial charge in [-0.1, -0.05) is 168 Å². The van der Waals surface area contributed by atoms with Crippen LogP contribution < -0.4 is 5.32 Å². The smallest absolute Gasteiger partial charge is 0.220 e. The van der Waals surface area contributed by atoms with Gasteiger partial charge in [0.2, 0.25) is 5.91 Å². The maximum atomic E-state index is 13.2. The van der Waals surface area contributed by atoms with E-state index in [4.69, 9.17) is 28.4 Å². The van der Waals surface area contributed by atoms with Crippen LogP contribution in [0.1, 0.15) is 142 Å². The Hall–Kier alpha value is -3.55. The average molecular weight is 1150 g/mol. The number of carbonyl (C=O) groups excluding carboxylic acids is 1. The van der Waals surface area contributed by atoms with Gasteiger partial charge in [-0.15, -0.1) is 0 Å².